The fourth-order valence-electron chi connectivity index (χ4n) is 4.22. The first-order valence-corrected chi connectivity index (χ1v) is 10.3. The van der Waals surface area contributed by atoms with Crippen LogP contribution < -0.4 is 20.6 Å². The first kappa shape index (κ1) is 21.6. The SMILES string of the molecule is CNCCNC1CCC(CC(=O)N[C@H]2Cc3cccc(C(=O)O)c3OB2O)CC1. The predicted molar refractivity (Wildman–Crippen MR) is 110 cm³/mol. The second kappa shape index (κ2) is 10.1. The minimum absolute atomic E-state index is 0.0198. The third-order valence-corrected chi connectivity index (χ3v) is 5.82. The molecule has 5 N–H and O–H groups in total. The molecule has 0 unspecified atom stereocenters. The van der Waals surface area contributed by atoms with Crippen molar-refractivity contribution in [1.29, 1.82) is 0 Å². The zero-order valence-electron chi connectivity index (χ0n) is 16.8. The number of carbonyl (C=O) groups excluding carboxylic acids is 1. The van der Waals surface area contributed by atoms with Gasteiger partial charge in [-0.05, 0) is 56.7 Å². The number of hydrogen-bond acceptors (Lipinski definition) is 6. The molecule has 8 nitrogen and oxygen atoms in total. The lowest BCUT2D eigenvalue weighted by molar-refractivity contribution is -0.122. The molecule has 1 heterocycles. The van der Waals surface area contributed by atoms with Crippen molar-refractivity contribution < 1.29 is 24.4 Å². The van der Waals surface area contributed by atoms with Crippen molar-refractivity contribution >= 4 is 19.0 Å². The van der Waals surface area contributed by atoms with Gasteiger partial charge in [0.1, 0.15) is 5.75 Å². The number of fused-ring (bicyclic) bond motifs is 1. The number of carbonyl (C=O) groups is 2. The van der Waals surface area contributed by atoms with Crippen LogP contribution in [0, 0.1) is 5.92 Å². The molecule has 9 heteroatoms. The minimum Gasteiger partial charge on any atom is -0.534 e. The summed E-state index contributed by atoms with van der Waals surface area (Å²) >= 11 is 0. The predicted octanol–water partition coefficient (Wildman–Crippen LogP) is 0.582. The van der Waals surface area contributed by atoms with E-state index in [0.717, 1.165) is 38.8 Å². The third-order valence-electron chi connectivity index (χ3n) is 5.82. The highest BCUT2D eigenvalue weighted by molar-refractivity contribution is 6.47. The highest BCUT2D eigenvalue weighted by atomic mass is 16.5. The molecule has 0 spiro atoms. The van der Waals surface area contributed by atoms with Crippen LogP contribution in [0.1, 0.15) is 48.0 Å². The van der Waals surface area contributed by atoms with Crippen LogP contribution in [0.2, 0.25) is 0 Å². The van der Waals surface area contributed by atoms with E-state index < -0.39 is 19.0 Å². The van der Waals surface area contributed by atoms with Crippen molar-refractivity contribution in [2.75, 3.05) is 20.1 Å². The summed E-state index contributed by atoms with van der Waals surface area (Å²) in [4.78, 5) is 23.8. The zero-order valence-corrected chi connectivity index (χ0v) is 16.8. The van der Waals surface area contributed by atoms with Gasteiger partial charge in [-0.2, -0.15) is 0 Å². The van der Waals surface area contributed by atoms with E-state index in [1.54, 1.807) is 12.1 Å². The molecule has 1 atom stereocenters. The van der Waals surface area contributed by atoms with E-state index >= 15 is 0 Å². The molecule has 0 bridgehead atoms. The molecule has 0 aromatic heterocycles. The third kappa shape index (κ3) is 5.71. The van der Waals surface area contributed by atoms with Crippen LogP contribution in [0.25, 0.3) is 0 Å². The van der Waals surface area contributed by atoms with Gasteiger partial charge in [0.25, 0.3) is 0 Å². The van der Waals surface area contributed by atoms with Gasteiger partial charge < -0.3 is 30.7 Å². The Balaban J connectivity index is 1.48. The van der Waals surface area contributed by atoms with Crippen molar-refractivity contribution in [1.82, 2.24) is 16.0 Å². The molecule has 1 saturated carbocycles. The van der Waals surface area contributed by atoms with Crippen LogP contribution in [0.15, 0.2) is 18.2 Å². The summed E-state index contributed by atoms with van der Waals surface area (Å²) in [6.07, 6.45) is 4.95. The van der Waals surface area contributed by atoms with E-state index in [1.165, 1.54) is 6.07 Å². The molecule has 1 aliphatic heterocycles. The molecule has 29 heavy (non-hydrogen) atoms. The van der Waals surface area contributed by atoms with E-state index in [9.17, 15) is 19.7 Å². The Morgan fingerprint density at radius 2 is 1.97 bits per heavy atom. The summed E-state index contributed by atoms with van der Waals surface area (Å²) in [6, 6.07) is 5.37. The number of hydrogen-bond donors (Lipinski definition) is 5. The van der Waals surface area contributed by atoms with Crippen molar-refractivity contribution in [3.63, 3.8) is 0 Å². The average Bonchev–Trinajstić information content (AvgIpc) is 2.69. The van der Waals surface area contributed by atoms with Crippen molar-refractivity contribution in [3.8, 4) is 5.75 Å². The number of amides is 1. The molecule has 1 aromatic carbocycles. The number of benzene rings is 1. The standard InChI is InChI=1S/C20H30BN3O5/c1-22-9-10-23-15-7-5-13(6-8-15)11-18(25)24-17-12-14-3-2-4-16(20(26)27)19(14)29-21(17)28/h2-4,13,15,17,22-23,28H,5-12H2,1H3,(H,24,25)(H,26,27)/t13?,15?,17-/m0/s1. The van der Waals surface area contributed by atoms with Gasteiger partial charge in [-0.15, -0.1) is 0 Å². The normalized spacial score (nSPS) is 23.8. The maximum Gasteiger partial charge on any atom is 0.547 e. The second-order valence-electron chi connectivity index (χ2n) is 7.96. The largest absolute Gasteiger partial charge is 0.547 e. The summed E-state index contributed by atoms with van der Waals surface area (Å²) in [5.41, 5.74) is 0.695. The Morgan fingerprint density at radius 3 is 2.66 bits per heavy atom. The molecule has 1 amide bonds. The summed E-state index contributed by atoms with van der Waals surface area (Å²) in [5.74, 6) is -1.25. The molecule has 1 aromatic rings. The molecule has 2 aliphatic rings. The molecule has 1 aliphatic carbocycles. The number of para-hydroxylation sites is 1. The Bertz CT molecular complexity index is 724. The number of carboxylic acid groups (broad SMARTS) is 1. The lowest BCUT2D eigenvalue weighted by atomic mass is 9.72. The maximum atomic E-state index is 12.5. The Kier molecular flexibility index (Phi) is 7.52. The van der Waals surface area contributed by atoms with Gasteiger partial charge in [0.2, 0.25) is 5.91 Å². The quantitative estimate of drug-likeness (QED) is 0.318. The Labute approximate surface area is 171 Å². The number of carboxylic acids is 1. The highest BCUT2D eigenvalue weighted by Gasteiger charge is 2.38. The topological polar surface area (TPSA) is 120 Å². The first-order valence-electron chi connectivity index (χ1n) is 10.3. The van der Waals surface area contributed by atoms with Gasteiger partial charge in [0.05, 0.1) is 11.5 Å². The first-order chi connectivity index (χ1) is 14.0. The van der Waals surface area contributed by atoms with Crippen molar-refractivity contribution in [3.05, 3.63) is 29.3 Å². The van der Waals surface area contributed by atoms with E-state index in [-0.39, 0.29) is 17.2 Å². The maximum absolute atomic E-state index is 12.5. The van der Waals surface area contributed by atoms with Gasteiger partial charge in [-0.25, -0.2) is 4.79 Å². The van der Waals surface area contributed by atoms with Gasteiger partial charge in [-0.3, -0.25) is 4.79 Å². The number of aromatic carboxylic acids is 1. The smallest absolute Gasteiger partial charge is 0.534 e. The Morgan fingerprint density at radius 1 is 1.21 bits per heavy atom. The van der Waals surface area contributed by atoms with Gasteiger partial charge in [0.15, 0.2) is 0 Å². The lowest BCUT2D eigenvalue weighted by Gasteiger charge is -2.31. The molecule has 1 fully saturated rings. The molecule has 0 radical (unpaired) electrons. The van der Waals surface area contributed by atoms with Crippen LogP contribution in [0.4, 0.5) is 0 Å². The number of nitrogens with one attached hydrogen (secondary N) is 3. The van der Waals surface area contributed by atoms with Crippen molar-refractivity contribution in [2.45, 2.75) is 50.5 Å². The van der Waals surface area contributed by atoms with Crippen molar-refractivity contribution in [2.24, 2.45) is 5.92 Å². The lowest BCUT2D eigenvalue weighted by Crippen LogP contribution is -2.53. The van der Waals surface area contributed by atoms with Crippen LogP contribution >= 0.6 is 0 Å². The average molecular weight is 403 g/mol. The second-order valence-corrected chi connectivity index (χ2v) is 7.96. The van der Waals surface area contributed by atoms with Crippen LogP contribution in [0.5, 0.6) is 5.75 Å². The van der Waals surface area contributed by atoms with Gasteiger partial charge in [0, 0.05) is 25.6 Å². The Hall–Kier alpha value is -2.10. The number of rotatable bonds is 8. The molecule has 0 saturated heterocycles. The summed E-state index contributed by atoms with van der Waals surface area (Å²) in [7, 11) is 0.675. The van der Waals surface area contributed by atoms with Gasteiger partial charge >= 0.3 is 13.1 Å². The van der Waals surface area contributed by atoms with E-state index in [0.29, 0.717) is 30.4 Å². The summed E-state index contributed by atoms with van der Waals surface area (Å²) in [6.45, 7) is 1.90. The van der Waals surface area contributed by atoms with Crippen LogP contribution in [0.3, 0.4) is 0 Å². The summed E-state index contributed by atoms with van der Waals surface area (Å²) < 4.78 is 5.44. The molecule has 158 valence electrons. The monoisotopic (exact) mass is 403 g/mol. The fourth-order valence-corrected chi connectivity index (χ4v) is 4.22. The van der Waals surface area contributed by atoms with Gasteiger partial charge in [-0.1, -0.05) is 12.1 Å². The van der Waals surface area contributed by atoms with Crippen LogP contribution in [-0.4, -0.2) is 61.2 Å². The van der Waals surface area contributed by atoms with E-state index in [2.05, 4.69) is 16.0 Å². The van der Waals surface area contributed by atoms with E-state index in [1.807, 2.05) is 7.05 Å². The minimum atomic E-state index is -1.26. The molecule has 3 rings (SSSR count). The number of likely N-dealkylation sites (N-methyl/N-ethyl adjacent to an activating group) is 1. The zero-order chi connectivity index (χ0) is 20.8. The van der Waals surface area contributed by atoms with Crippen LogP contribution in [-0.2, 0) is 11.2 Å². The molecular weight excluding hydrogens is 373 g/mol. The molecular formula is C20H30BN3O5. The summed E-state index contributed by atoms with van der Waals surface area (Å²) in [5, 5.41) is 29.1. The fraction of sp³-hybridized carbons (Fsp3) is 0.600. The van der Waals surface area contributed by atoms with E-state index in [4.69, 9.17) is 4.65 Å². The highest BCUT2D eigenvalue weighted by Crippen LogP contribution is 2.31.